The van der Waals surface area contributed by atoms with Gasteiger partial charge in [-0.05, 0) is 30.4 Å². The van der Waals surface area contributed by atoms with Gasteiger partial charge < -0.3 is 4.42 Å². The summed E-state index contributed by atoms with van der Waals surface area (Å²) in [5.41, 5.74) is 0.336. The Morgan fingerprint density at radius 2 is 1.68 bits per heavy atom. The second kappa shape index (κ2) is 7.85. The van der Waals surface area contributed by atoms with Crippen LogP contribution in [0, 0.1) is 20.2 Å². The number of hydrogen-bond acceptors (Lipinski definition) is 6. The molecule has 0 unspecified atom stereocenters. The van der Waals surface area contributed by atoms with Crippen LogP contribution in [0.4, 0.5) is 11.4 Å². The van der Waals surface area contributed by atoms with Crippen LogP contribution in [0.15, 0.2) is 65.1 Å². The van der Waals surface area contributed by atoms with Crippen molar-refractivity contribution in [1.82, 2.24) is 0 Å². The third-order valence-corrected chi connectivity index (χ3v) is 4.11. The molecule has 0 spiro atoms. The maximum absolute atomic E-state index is 12.2. The Kier molecular flexibility index (Phi) is 5.32. The summed E-state index contributed by atoms with van der Waals surface area (Å²) in [6, 6.07) is 12.6. The van der Waals surface area contributed by atoms with Crippen LogP contribution in [-0.4, -0.2) is 15.6 Å². The lowest BCUT2D eigenvalue weighted by Crippen LogP contribution is -1.96. The van der Waals surface area contributed by atoms with E-state index in [4.69, 9.17) is 16.0 Å². The zero-order valence-electron chi connectivity index (χ0n) is 14.1. The molecular weight excluding hydrogens is 388 g/mol. The van der Waals surface area contributed by atoms with Crippen LogP contribution in [0.3, 0.4) is 0 Å². The molecule has 9 heteroatoms. The number of hydrogen-bond donors (Lipinski definition) is 0. The number of nitrogens with zero attached hydrogens (tertiary/aromatic N) is 2. The highest BCUT2D eigenvalue weighted by atomic mass is 35.5. The molecule has 0 atom stereocenters. The minimum atomic E-state index is -0.576. The summed E-state index contributed by atoms with van der Waals surface area (Å²) in [4.78, 5) is 32.6. The molecule has 1 aromatic heterocycles. The lowest BCUT2D eigenvalue weighted by molar-refractivity contribution is -0.385. The first kappa shape index (κ1) is 19.0. The standard InChI is InChI=1S/C19H11ClN2O6/c20-17-11-14(22(26)27)4-7-16(17)19-9-6-15(28-19)5-8-18(23)12-2-1-3-13(10-12)21(24)25/h1-11H/b8-5+. The second-order valence-electron chi connectivity index (χ2n) is 5.63. The maximum atomic E-state index is 12.2. The highest BCUT2D eigenvalue weighted by Crippen LogP contribution is 2.32. The zero-order valence-corrected chi connectivity index (χ0v) is 14.8. The number of benzene rings is 2. The number of rotatable bonds is 6. The quantitative estimate of drug-likeness (QED) is 0.240. The first-order valence-corrected chi connectivity index (χ1v) is 8.24. The molecular formula is C19H11ClN2O6. The fraction of sp³-hybridized carbons (Fsp3) is 0. The zero-order chi connectivity index (χ0) is 20.3. The summed E-state index contributed by atoms with van der Waals surface area (Å²) in [7, 11) is 0. The van der Waals surface area contributed by atoms with Crippen LogP contribution in [0.1, 0.15) is 16.1 Å². The highest BCUT2D eigenvalue weighted by Gasteiger charge is 2.13. The number of carbonyl (C=O) groups is 1. The van der Waals surface area contributed by atoms with E-state index < -0.39 is 15.6 Å². The lowest BCUT2D eigenvalue weighted by atomic mass is 10.1. The summed E-state index contributed by atoms with van der Waals surface area (Å²) in [5.74, 6) is 0.306. The van der Waals surface area contributed by atoms with Crippen molar-refractivity contribution in [2.75, 3.05) is 0 Å². The van der Waals surface area contributed by atoms with Gasteiger partial charge in [0.2, 0.25) is 0 Å². The number of halogens is 1. The average molecular weight is 399 g/mol. The molecule has 3 aromatic rings. The molecule has 0 bridgehead atoms. The van der Waals surface area contributed by atoms with Gasteiger partial charge in [-0.1, -0.05) is 23.7 Å². The van der Waals surface area contributed by atoms with Crippen molar-refractivity contribution in [2.24, 2.45) is 0 Å². The maximum Gasteiger partial charge on any atom is 0.270 e. The van der Waals surface area contributed by atoms with E-state index in [1.807, 2.05) is 0 Å². The van der Waals surface area contributed by atoms with Gasteiger partial charge in [-0.2, -0.15) is 0 Å². The summed E-state index contributed by atoms with van der Waals surface area (Å²) in [6.45, 7) is 0. The molecule has 0 aliphatic heterocycles. The van der Waals surface area contributed by atoms with Gasteiger partial charge >= 0.3 is 0 Å². The highest BCUT2D eigenvalue weighted by molar-refractivity contribution is 6.33. The van der Waals surface area contributed by atoms with Crippen molar-refractivity contribution >= 4 is 34.8 Å². The molecule has 0 saturated carbocycles. The third-order valence-electron chi connectivity index (χ3n) is 3.80. The summed E-state index contributed by atoms with van der Waals surface area (Å²) in [5, 5.41) is 21.7. The number of allylic oxidation sites excluding steroid dienone is 1. The predicted molar refractivity (Wildman–Crippen MR) is 102 cm³/mol. The molecule has 2 aromatic carbocycles. The molecule has 3 rings (SSSR count). The minimum absolute atomic E-state index is 0.136. The number of carbonyl (C=O) groups excluding carboxylic acids is 1. The Balaban J connectivity index is 1.79. The van der Waals surface area contributed by atoms with Gasteiger partial charge in [0.05, 0.1) is 14.9 Å². The van der Waals surface area contributed by atoms with Crippen LogP contribution in [0.25, 0.3) is 17.4 Å². The van der Waals surface area contributed by atoms with E-state index in [9.17, 15) is 25.0 Å². The minimum Gasteiger partial charge on any atom is -0.457 e. The number of non-ortho nitro benzene ring substituents is 2. The Morgan fingerprint density at radius 3 is 2.36 bits per heavy atom. The van der Waals surface area contributed by atoms with Crippen molar-refractivity contribution < 1.29 is 19.1 Å². The fourth-order valence-electron chi connectivity index (χ4n) is 2.43. The number of furan rings is 1. The molecule has 0 radical (unpaired) electrons. The topological polar surface area (TPSA) is 116 Å². The molecule has 0 amide bonds. The molecule has 0 saturated heterocycles. The SMILES string of the molecule is O=C(/C=C/c1ccc(-c2ccc([N+](=O)[O-])cc2Cl)o1)c1cccc([N+](=O)[O-])c1. The number of nitro benzene ring substituents is 2. The molecule has 0 fully saturated rings. The Bertz CT molecular complexity index is 1120. The van der Waals surface area contributed by atoms with Crippen LogP contribution in [0.2, 0.25) is 5.02 Å². The molecule has 28 heavy (non-hydrogen) atoms. The summed E-state index contributed by atoms with van der Waals surface area (Å²) < 4.78 is 5.60. The normalized spacial score (nSPS) is 10.9. The van der Waals surface area contributed by atoms with E-state index >= 15 is 0 Å². The molecule has 0 N–H and O–H groups in total. The van der Waals surface area contributed by atoms with E-state index in [1.165, 1.54) is 54.6 Å². The second-order valence-corrected chi connectivity index (χ2v) is 6.04. The van der Waals surface area contributed by atoms with Gasteiger partial charge in [0.1, 0.15) is 11.5 Å². The number of nitro groups is 2. The molecule has 8 nitrogen and oxygen atoms in total. The van der Waals surface area contributed by atoms with E-state index in [0.29, 0.717) is 17.1 Å². The van der Waals surface area contributed by atoms with E-state index in [-0.39, 0.29) is 22.0 Å². The van der Waals surface area contributed by atoms with Gasteiger partial charge in [0, 0.05) is 35.4 Å². The Labute approximate surface area is 163 Å². The Morgan fingerprint density at radius 1 is 0.964 bits per heavy atom. The fourth-order valence-corrected chi connectivity index (χ4v) is 2.70. The van der Waals surface area contributed by atoms with E-state index in [0.717, 1.165) is 0 Å². The lowest BCUT2D eigenvalue weighted by Gasteiger charge is -2.00. The predicted octanol–water partition coefficient (Wildman–Crippen LogP) is 5.31. The van der Waals surface area contributed by atoms with Gasteiger partial charge in [-0.3, -0.25) is 25.0 Å². The third kappa shape index (κ3) is 4.13. The molecule has 0 aliphatic carbocycles. The molecule has 140 valence electrons. The van der Waals surface area contributed by atoms with Crippen molar-refractivity contribution in [2.45, 2.75) is 0 Å². The number of ketones is 1. The first-order chi connectivity index (χ1) is 13.3. The van der Waals surface area contributed by atoms with Crippen LogP contribution < -0.4 is 0 Å². The Hall–Kier alpha value is -3.78. The summed E-state index contributed by atoms with van der Waals surface area (Å²) >= 11 is 6.07. The first-order valence-electron chi connectivity index (χ1n) is 7.86. The van der Waals surface area contributed by atoms with Crippen molar-refractivity contribution in [3.63, 3.8) is 0 Å². The van der Waals surface area contributed by atoms with Crippen molar-refractivity contribution in [1.29, 1.82) is 0 Å². The van der Waals surface area contributed by atoms with E-state index in [2.05, 4.69) is 0 Å². The van der Waals surface area contributed by atoms with Gasteiger partial charge in [0.15, 0.2) is 5.78 Å². The average Bonchev–Trinajstić information content (AvgIpc) is 3.14. The summed E-state index contributed by atoms with van der Waals surface area (Å²) in [6.07, 6.45) is 2.66. The van der Waals surface area contributed by atoms with Crippen LogP contribution in [0.5, 0.6) is 0 Å². The van der Waals surface area contributed by atoms with Crippen LogP contribution >= 0.6 is 11.6 Å². The van der Waals surface area contributed by atoms with Crippen LogP contribution in [-0.2, 0) is 0 Å². The largest absolute Gasteiger partial charge is 0.457 e. The molecule has 0 aliphatic rings. The van der Waals surface area contributed by atoms with Gasteiger partial charge in [-0.15, -0.1) is 0 Å². The monoisotopic (exact) mass is 398 g/mol. The molecule has 1 heterocycles. The van der Waals surface area contributed by atoms with Gasteiger partial charge in [0.25, 0.3) is 11.4 Å². The van der Waals surface area contributed by atoms with Gasteiger partial charge in [-0.25, -0.2) is 0 Å². The smallest absolute Gasteiger partial charge is 0.270 e. The van der Waals surface area contributed by atoms with E-state index in [1.54, 1.807) is 12.1 Å². The van der Waals surface area contributed by atoms with Crippen molar-refractivity contribution in [3.05, 3.63) is 97.2 Å². The van der Waals surface area contributed by atoms with Crippen molar-refractivity contribution in [3.8, 4) is 11.3 Å².